The van der Waals surface area contributed by atoms with Gasteiger partial charge in [0, 0.05) is 23.0 Å². The zero-order valence-electron chi connectivity index (χ0n) is 17.8. The number of anilines is 3. The van der Waals surface area contributed by atoms with Gasteiger partial charge in [-0.05, 0) is 42.5 Å². The van der Waals surface area contributed by atoms with E-state index in [1.54, 1.807) is 42.5 Å². The summed E-state index contributed by atoms with van der Waals surface area (Å²) in [6, 6.07) is 18.2. The van der Waals surface area contributed by atoms with Crippen LogP contribution in [0.25, 0.3) is 0 Å². The van der Waals surface area contributed by atoms with Crippen molar-refractivity contribution in [2.45, 2.75) is 0 Å². The summed E-state index contributed by atoms with van der Waals surface area (Å²) < 4.78 is 16.9. The fraction of sp³-hybridized carbons (Fsp3) is 0.130. The van der Waals surface area contributed by atoms with Crippen molar-refractivity contribution in [2.24, 2.45) is 0 Å². The Morgan fingerprint density at radius 2 is 1.41 bits per heavy atom. The maximum Gasteiger partial charge on any atom is 0.336 e. The fourth-order valence-corrected chi connectivity index (χ4v) is 3.13. The maximum absolute atomic E-state index is 12.8. The van der Waals surface area contributed by atoms with Crippen LogP contribution in [0.15, 0.2) is 66.7 Å². The van der Waals surface area contributed by atoms with Gasteiger partial charge in [-0.25, -0.2) is 9.10 Å². The molecule has 0 saturated carbocycles. The first-order valence-electron chi connectivity index (χ1n) is 9.53. The van der Waals surface area contributed by atoms with E-state index in [0.29, 0.717) is 39.9 Å². The molecule has 0 atom stereocenters. The zero-order valence-corrected chi connectivity index (χ0v) is 18.7. The predicted octanol–water partition coefficient (Wildman–Crippen LogP) is 4.85. The number of hydrogen-bond acceptors (Lipinski definition) is 6. The first-order valence-corrected chi connectivity index (χ1v) is 9.93. The standard InChI is InChI=1S/C23H23N3O5S/c1-29-19-11-9-15(22(27)24-16-7-5-4-6-8-16)13-18(19)26(32)23(28)25-17-10-12-20(30-2)21(14-17)31-3/h4-14,32H,1-3H3,(H,24,27)(H,25,28). The molecule has 9 heteroatoms. The Hall–Kier alpha value is -3.85. The summed E-state index contributed by atoms with van der Waals surface area (Å²) in [5.41, 5.74) is 1.77. The van der Waals surface area contributed by atoms with Gasteiger partial charge in [-0.1, -0.05) is 31.0 Å². The molecular formula is C23H23N3O5S. The highest BCUT2D eigenvalue weighted by atomic mass is 32.1. The summed E-state index contributed by atoms with van der Waals surface area (Å²) in [4.78, 5) is 25.5. The maximum atomic E-state index is 12.8. The smallest absolute Gasteiger partial charge is 0.336 e. The number of ether oxygens (including phenoxy) is 3. The van der Waals surface area contributed by atoms with Crippen LogP contribution in [0.1, 0.15) is 10.4 Å². The van der Waals surface area contributed by atoms with Crippen molar-refractivity contribution in [1.82, 2.24) is 0 Å². The number of amides is 3. The van der Waals surface area contributed by atoms with Gasteiger partial charge in [-0.3, -0.25) is 4.79 Å². The lowest BCUT2D eigenvalue weighted by Gasteiger charge is -2.20. The Morgan fingerprint density at radius 3 is 2.06 bits per heavy atom. The van der Waals surface area contributed by atoms with Gasteiger partial charge in [0.25, 0.3) is 5.91 Å². The summed E-state index contributed by atoms with van der Waals surface area (Å²) in [5, 5.41) is 5.53. The molecule has 0 aliphatic heterocycles. The number of para-hydroxylation sites is 1. The summed E-state index contributed by atoms with van der Waals surface area (Å²) >= 11 is 4.32. The molecule has 0 spiro atoms. The Morgan fingerprint density at radius 1 is 0.750 bits per heavy atom. The number of hydrogen-bond donors (Lipinski definition) is 3. The van der Waals surface area contributed by atoms with Crippen LogP contribution < -0.4 is 29.1 Å². The molecule has 8 nitrogen and oxygen atoms in total. The molecule has 3 aromatic rings. The van der Waals surface area contributed by atoms with E-state index in [0.717, 1.165) is 4.31 Å². The van der Waals surface area contributed by atoms with E-state index >= 15 is 0 Å². The van der Waals surface area contributed by atoms with Crippen LogP contribution in [-0.2, 0) is 0 Å². The van der Waals surface area contributed by atoms with Crippen molar-refractivity contribution in [3.05, 3.63) is 72.3 Å². The molecule has 0 saturated heterocycles. The van der Waals surface area contributed by atoms with E-state index in [1.165, 1.54) is 27.4 Å². The average molecular weight is 454 g/mol. The molecule has 2 N–H and O–H groups in total. The highest BCUT2D eigenvalue weighted by molar-refractivity contribution is 7.82. The van der Waals surface area contributed by atoms with Gasteiger partial charge in [0.2, 0.25) is 0 Å². The molecule has 3 rings (SSSR count). The molecule has 3 amide bonds. The third-order valence-corrected chi connectivity index (χ3v) is 4.93. The van der Waals surface area contributed by atoms with Gasteiger partial charge in [-0.15, -0.1) is 0 Å². The third-order valence-electron chi connectivity index (χ3n) is 4.53. The largest absolute Gasteiger partial charge is 0.495 e. The molecule has 0 aliphatic carbocycles. The molecule has 0 radical (unpaired) electrons. The molecule has 3 aromatic carbocycles. The van der Waals surface area contributed by atoms with Crippen molar-refractivity contribution in [2.75, 3.05) is 36.3 Å². The second-order valence-corrected chi connectivity index (χ2v) is 6.92. The molecule has 166 valence electrons. The molecule has 0 fully saturated rings. The number of nitrogens with zero attached hydrogens (tertiary/aromatic N) is 1. The topological polar surface area (TPSA) is 89.1 Å². The minimum atomic E-state index is -0.556. The minimum Gasteiger partial charge on any atom is -0.495 e. The van der Waals surface area contributed by atoms with Gasteiger partial charge >= 0.3 is 6.03 Å². The molecule has 0 aliphatic rings. The van der Waals surface area contributed by atoms with Gasteiger partial charge in [-0.2, -0.15) is 0 Å². The van der Waals surface area contributed by atoms with E-state index in [-0.39, 0.29) is 5.91 Å². The number of methoxy groups -OCH3 is 3. The number of carbonyl (C=O) groups excluding carboxylic acids is 2. The zero-order chi connectivity index (χ0) is 23.1. The third kappa shape index (κ3) is 5.25. The van der Waals surface area contributed by atoms with Crippen LogP contribution in [0.3, 0.4) is 0 Å². The molecule has 0 aromatic heterocycles. The normalized spacial score (nSPS) is 10.1. The monoisotopic (exact) mass is 453 g/mol. The number of nitrogens with one attached hydrogen (secondary N) is 2. The van der Waals surface area contributed by atoms with Crippen molar-refractivity contribution < 1.29 is 23.8 Å². The first-order chi connectivity index (χ1) is 15.5. The number of urea groups is 1. The lowest BCUT2D eigenvalue weighted by molar-refractivity contribution is 0.102. The van der Waals surface area contributed by atoms with Crippen LogP contribution >= 0.6 is 12.8 Å². The Kier molecular flexibility index (Phi) is 7.45. The number of rotatable bonds is 7. The number of benzene rings is 3. The average Bonchev–Trinajstić information content (AvgIpc) is 2.83. The SMILES string of the molecule is COc1ccc(NC(=O)N(S)c2cc(C(=O)Nc3ccccc3)ccc2OC)cc1OC. The van der Waals surface area contributed by atoms with E-state index < -0.39 is 6.03 Å². The van der Waals surface area contributed by atoms with Gasteiger partial charge in [0.05, 0.1) is 27.0 Å². The van der Waals surface area contributed by atoms with Crippen molar-refractivity contribution in [1.29, 1.82) is 0 Å². The molecule has 32 heavy (non-hydrogen) atoms. The predicted molar refractivity (Wildman–Crippen MR) is 127 cm³/mol. The van der Waals surface area contributed by atoms with Crippen LogP contribution in [0.4, 0.5) is 21.9 Å². The fourth-order valence-electron chi connectivity index (χ4n) is 2.92. The molecule has 0 unspecified atom stereocenters. The van der Waals surface area contributed by atoms with Gasteiger partial charge in [0.1, 0.15) is 5.75 Å². The lowest BCUT2D eigenvalue weighted by atomic mass is 10.1. The molecule has 0 heterocycles. The first kappa shape index (κ1) is 22.8. The van der Waals surface area contributed by atoms with Crippen molar-refractivity contribution >= 4 is 41.8 Å². The Bertz CT molecular complexity index is 1110. The van der Waals surface area contributed by atoms with E-state index in [4.69, 9.17) is 14.2 Å². The number of thiol groups is 1. The van der Waals surface area contributed by atoms with E-state index in [2.05, 4.69) is 23.4 Å². The van der Waals surface area contributed by atoms with Crippen LogP contribution in [0.2, 0.25) is 0 Å². The minimum absolute atomic E-state index is 0.300. The highest BCUT2D eigenvalue weighted by Gasteiger charge is 2.20. The van der Waals surface area contributed by atoms with Crippen LogP contribution in [-0.4, -0.2) is 33.3 Å². The molecule has 0 bridgehead atoms. The summed E-state index contributed by atoms with van der Waals surface area (Å²) in [6.07, 6.45) is 0. The summed E-state index contributed by atoms with van der Waals surface area (Å²) in [5.74, 6) is 1.04. The van der Waals surface area contributed by atoms with Crippen LogP contribution in [0.5, 0.6) is 17.2 Å². The van der Waals surface area contributed by atoms with Crippen molar-refractivity contribution in [3.63, 3.8) is 0 Å². The van der Waals surface area contributed by atoms with Gasteiger partial charge in [0.15, 0.2) is 11.5 Å². The second kappa shape index (κ2) is 10.5. The van der Waals surface area contributed by atoms with Gasteiger partial charge < -0.3 is 24.8 Å². The van der Waals surface area contributed by atoms with Crippen molar-refractivity contribution in [3.8, 4) is 17.2 Å². The Balaban J connectivity index is 1.81. The van der Waals surface area contributed by atoms with E-state index in [9.17, 15) is 9.59 Å². The van der Waals surface area contributed by atoms with Crippen LogP contribution in [0, 0.1) is 0 Å². The lowest BCUT2D eigenvalue weighted by Crippen LogP contribution is -2.27. The number of carbonyl (C=O) groups is 2. The van der Waals surface area contributed by atoms with E-state index in [1.807, 2.05) is 18.2 Å². The molecular weight excluding hydrogens is 430 g/mol. The summed E-state index contributed by atoms with van der Waals surface area (Å²) in [7, 11) is 4.50. The highest BCUT2D eigenvalue weighted by Crippen LogP contribution is 2.33. The Labute approximate surface area is 191 Å². The quantitative estimate of drug-likeness (QED) is 0.445. The second-order valence-electron chi connectivity index (χ2n) is 6.52. The summed E-state index contributed by atoms with van der Waals surface area (Å²) in [6.45, 7) is 0.